The minimum atomic E-state index is -0.260. The van der Waals surface area contributed by atoms with E-state index in [0.29, 0.717) is 17.1 Å². The quantitative estimate of drug-likeness (QED) is 0.601. The van der Waals surface area contributed by atoms with Gasteiger partial charge in [-0.25, -0.2) is 4.39 Å². The highest BCUT2D eigenvalue weighted by Crippen LogP contribution is 2.26. The van der Waals surface area contributed by atoms with Gasteiger partial charge in [0.1, 0.15) is 5.82 Å². The van der Waals surface area contributed by atoms with Crippen LogP contribution in [0, 0.1) is 5.82 Å². The minimum absolute atomic E-state index is 0.121. The molecule has 0 saturated carbocycles. The van der Waals surface area contributed by atoms with E-state index in [1.165, 1.54) is 17.8 Å². The molecule has 0 atom stereocenters. The van der Waals surface area contributed by atoms with Crippen LogP contribution in [0.1, 0.15) is 12.0 Å². The SMILES string of the molecule is COCCCSc1c(F)cccc1CO. The van der Waals surface area contributed by atoms with Crippen LogP contribution in [0.25, 0.3) is 0 Å². The van der Waals surface area contributed by atoms with Crippen molar-refractivity contribution in [3.8, 4) is 0 Å². The smallest absolute Gasteiger partial charge is 0.137 e. The van der Waals surface area contributed by atoms with E-state index in [4.69, 9.17) is 9.84 Å². The monoisotopic (exact) mass is 230 g/mol. The van der Waals surface area contributed by atoms with E-state index in [9.17, 15) is 4.39 Å². The summed E-state index contributed by atoms with van der Waals surface area (Å²) in [7, 11) is 1.65. The van der Waals surface area contributed by atoms with E-state index in [1.54, 1.807) is 19.2 Å². The van der Waals surface area contributed by atoms with Crippen LogP contribution in [0.5, 0.6) is 0 Å². The number of ether oxygens (including phenoxy) is 1. The number of benzene rings is 1. The Kier molecular flexibility index (Phi) is 5.68. The molecule has 0 aromatic heterocycles. The second-order valence-electron chi connectivity index (χ2n) is 3.08. The number of hydrogen-bond acceptors (Lipinski definition) is 3. The predicted molar refractivity (Wildman–Crippen MR) is 59.5 cm³/mol. The number of aliphatic hydroxyl groups excluding tert-OH is 1. The number of halogens is 1. The average Bonchev–Trinajstić information content (AvgIpc) is 2.26. The van der Waals surface area contributed by atoms with Gasteiger partial charge < -0.3 is 9.84 Å². The summed E-state index contributed by atoms with van der Waals surface area (Å²) < 4.78 is 18.3. The lowest BCUT2D eigenvalue weighted by atomic mass is 10.2. The van der Waals surface area contributed by atoms with Crippen molar-refractivity contribution in [3.63, 3.8) is 0 Å². The number of rotatable bonds is 6. The maximum absolute atomic E-state index is 13.4. The number of methoxy groups -OCH3 is 1. The third kappa shape index (κ3) is 3.81. The second-order valence-corrected chi connectivity index (χ2v) is 4.19. The highest BCUT2D eigenvalue weighted by atomic mass is 32.2. The minimum Gasteiger partial charge on any atom is -0.392 e. The van der Waals surface area contributed by atoms with Gasteiger partial charge in [0.15, 0.2) is 0 Å². The molecule has 0 aliphatic carbocycles. The van der Waals surface area contributed by atoms with Gasteiger partial charge in [-0.1, -0.05) is 12.1 Å². The third-order valence-corrected chi connectivity index (χ3v) is 3.20. The van der Waals surface area contributed by atoms with Crippen molar-refractivity contribution in [2.75, 3.05) is 19.5 Å². The first kappa shape index (κ1) is 12.5. The van der Waals surface area contributed by atoms with Gasteiger partial charge in [0.25, 0.3) is 0 Å². The number of hydrogen-bond donors (Lipinski definition) is 1. The van der Waals surface area contributed by atoms with Crippen molar-refractivity contribution in [2.45, 2.75) is 17.9 Å². The molecule has 2 nitrogen and oxygen atoms in total. The molecule has 0 unspecified atom stereocenters. The lowest BCUT2D eigenvalue weighted by molar-refractivity contribution is 0.200. The number of aliphatic hydroxyl groups is 1. The molecular formula is C11H15FO2S. The van der Waals surface area contributed by atoms with Crippen molar-refractivity contribution in [2.24, 2.45) is 0 Å². The van der Waals surface area contributed by atoms with Crippen LogP contribution in [0.2, 0.25) is 0 Å². The summed E-state index contributed by atoms with van der Waals surface area (Å²) in [6.07, 6.45) is 0.875. The number of thioether (sulfide) groups is 1. The van der Waals surface area contributed by atoms with Crippen molar-refractivity contribution >= 4 is 11.8 Å². The lowest BCUT2D eigenvalue weighted by Crippen LogP contribution is -1.95. The fourth-order valence-corrected chi connectivity index (χ4v) is 2.21. The van der Waals surface area contributed by atoms with Gasteiger partial charge in [-0.15, -0.1) is 11.8 Å². The van der Waals surface area contributed by atoms with Crippen LogP contribution in [0.4, 0.5) is 4.39 Å². The van der Waals surface area contributed by atoms with Gasteiger partial charge in [0.2, 0.25) is 0 Å². The molecule has 15 heavy (non-hydrogen) atoms. The Labute approximate surface area is 93.5 Å². The van der Waals surface area contributed by atoms with Crippen LogP contribution in [0.3, 0.4) is 0 Å². The van der Waals surface area contributed by atoms with Gasteiger partial charge >= 0.3 is 0 Å². The fraction of sp³-hybridized carbons (Fsp3) is 0.455. The molecule has 0 spiro atoms. The first-order chi connectivity index (χ1) is 7.29. The second kappa shape index (κ2) is 6.82. The fourth-order valence-electron chi connectivity index (χ4n) is 1.22. The third-order valence-electron chi connectivity index (χ3n) is 1.96. The van der Waals surface area contributed by atoms with E-state index in [0.717, 1.165) is 12.2 Å². The maximum Gasteiger partial charge on any atom is 0.137 e. The molecule has 1 N–H and O–H groups in total. The standard InChI is InChI=1S/C11H15FO2S/c1-14-6-3-7-15-11-9(8-13)4-2-5-10(11)12/h2,4-5,13H,3,6-8H2,1H3. The van der Waals surface area contributed by atoms with Crippen LogP contribution in [-0.4, -0.2) is 24.6 Å². The van der Waals surface area contributed by atoms with E-state index in [1.807, 2.05) is 0 Å². The van der Waals surface area contributed by atoms with Crippen LogP contribution >= 0.6 is 11.8 Å². The summed E-state index contributed by atoms with van der Waals surface area (Å²) in [6, 6.07) is 4.76. The van der Waals surface area contributed by atoms with E-state index in [-0.39, 0.29) is 12.4 Å². The molecule has 0 saturated heterocycles. The topological polar surface area (TPSA) is 29.5 Å². The molecule has 4 heteroatoms. The molecule has 1 aromatic rings. The van der Waals surface area contributed by atoms with Crippen molar-refractivity contribution < 1.29 is 14.2 Å². The lowest BCUT2D eigenvalue weighted by Gasteiger charge is -2.07. The normalized spacial score (nSPS) is 10.6. The summed E-state index contributed by atoms with van der Waals surface area (Å²) in [5.74, 6) is 0.533. The van der Waals surface area contributed by atoms with E-state index >= 15 is 0 Å². The molecule has 1 aromatic carbocycles. The molecule has 0 aliphatic rings. The molecule has 0 fully saturated rings. The molecule has 84 valence electrons. The van der Waals surface area contributed by atoms with Gasteiger partial charge in [-0.2, -0.15) is 0 Å². The Hall–Kier alpha value is -0.580. The Morgan fingerprint density at radius 1 is 1.47 bits per heavy atom. The Balaban J connectivity index is 2.58. The summed E-state index contributed by atoms with van der Waals surface area (Å²) in [4.78, 5) is 0.552. The van der Waals surface area contributed by atoms with Crippen molar-refractivity contribution in [3.05, 3.63) is 29.6 Å². The Bertz CT molecular complexity index is 305. The largest absolute Gasteiger partial charge is 0.392 e. The summed E-state index contributed by atoms with van der Waals surface area (Å²) in [5, 5.41) is 9.04. The zero-order valence-corrected chi connectivity index (χ0v) is 9.52. The molecule has 0 radical (unpaired) electrons. The van der Waals surface area contributed by atoms with E-state index in [2.05, 4.69) is 0 Å². The molecule has 0 amide bonds. The summed E-state index contributed by atoms with van der Waals surface area (Å²) >= 11 is 1.42. The molecule has 0 heterocycles. The zero-order chi connectivity index (χ0) is 11.1. The predicted octanol–water partition coefficient (Wildman–Crippen LogP) is 2.45. The summed E-state index contributed by atoms with van der Waals surface area (Å²) in [5.41, 5.74) is 0.650. The Morgan fingerprint density at radius 2 is 2.27 bits per heavy atom. The Morgan fingerprint density at radius 3 is 2.93 bits per heavy atom. The van der Waals surface area contributed by atoms with Gasteiger partial charge in [0, 0.05) is 24.4 Å². The summed E-state index contributed by atoms with van der Waals surface area (Å²) in [6.45, 7) is 0.556. The molecule has 1 rings (SSSR count). The van der Waals surface area contributed by atoms with Crippen LogP contribution in [0.15, 0.2) is 23.1 Å². The van der Waals surface area contributed by atoms with E-state index < -0.39 is 0 Å². The highest BCUT2D eigenvalue weighted by Gasteiger charge is 2.07. The van der Waals surface area contributed by atoms with Gasteiger partial charge in [0.05, 0.1) is 6.61 Å². The van der Waals surface area contributed by atoms with Gasteiger partial charge in [-0.3, -0.25) is 0 Å². The van der Waals surface area contributed by atoms with Crippen LogP contribution < -0.4 is 0 Å². The first-order valence-corrected chi connectivity index (χ1v) is 5.78. The van der Waals surface area contributed by atoms with Crippen molar-refractivity contribution in [1.82, 2.24) is 0 Å². The zero-order valence-electron chi connectivity index (χ0n) is 8.70. The maximum atomic E-state index is 13.4. The average molecular weight is 230 g/mol. The van der Waals surface area contributed by atoms with Crippen molar-refractivity contribution in [1.29, 1.82) is 0 Å². The molecular weight excluding hydrogens is 215 g/mol. The molecule has 0 aliphatic heterocycles. The highest BCUT2D eigenvalue weighted by molar-refractivity contribution is 7.99. The molecule has 0 bridgehead atoms. The van der Waals surface area contributed by atoms with Crippen LogP contribution in [-0.2, 0) is 11.3 Å². The van der Waals surface area contributed by atoms with Gasteiger partial charge in [-0.05, 0) is 18.1 Å². The first-order valence-electron chi connectivity index (χ1n) is 4.79.